The van der Waals surface area contributed by atoms with E-state index in [2.05, 4.69) is 5.32 Å². The van der Waals surface area contributed by atoms with Gasteiger partial charge in [-0.3, -0.25) is 4.79 Å². The summed E-state index contributed by atoms with van der Waals surface area (Å²) in [6.45, 7) is 5.30. The van der Waals surface area contributed by atoms with E-state index in [0.717, 1.165) is 0 Å². The van der Waals surface area contributed by atoms with Crippen LogP contribution in [0.25, 0.3) is 0 Å². The summed E-state index contributed by atoms with van der Waals surface area (Å²) in [5.74, 6) is -0.839. The van der Waals surface area contributed by atoms with Crippen molar-refractivity contribution in [3.05, 3.63) is 35.4 Å². The maximum absolute atomic E-state index is 12.2. The third-order valence-corrected chi connectivity index (χ3v) is 5.09. The molecule has 2 rings (SSSR count). The van der Waals surface area contributed by atoms with Crippen molar-refractivity contribution in [1.29, 1.82) is 0 Å². The fourth-order valence-corrected chi connectivity index (χ4v) is 3.98. The number of carbonyl (C=O) groups is 2. The number of esters is 1. The van der Waals surface area contributed by atoms with E-state index in [0.29, 0.717) is 12.0 Å². The standard InChI is InChI=1S/C16H21NO5S/c1-16(2,3)22-15(19)12-6-4-5-11(9-12)14(18)17-13-7-8-23(20,21)10-13/h4-6,9,13H,7-8,10H2,1-3H3,(H,17,18)/t13-/m1/s1. The first-order valence-electron chi connectivity index (χ1n) is 7.40. The molecule has 1 amide bonds. The van der Waals surface area contributed by atoms with Crippen LogP contribution in [0.2, 0.25) is 0 Å². The molecule has 1 fully saturated rings. The molecule has 7 heteroatoms. The molecule has 1 aromatic rings. The Balaban J connectivity index is 2.07. The number of ether oxygens (including phenoxy) is 1. The highest BCUT2D eigenvalue weighted by molar-refractivity contribution is 7.91. The summed E-state index contributed by atoms with van der Waals surface area (Å²) in [5, 5.41) is 2.69. The molecule has 1 atom stereocenters. The Labute approximate surface area is 136 Å². The van der Waals surface area contributed by atoms with E-state index in [1.807, 2.05) is 0 Å². The number of hydrogen-bond acceptors (Lipinski definition) is 5. The predicted octanol–water partition coefficient (Wildman–Crippen LogP) is 1.56. The third kappa shape index (κ3) is 5.06. The highest BCUT2D eigenvalue weighted by Gasteiger charge is 2.29. The van der Waals surface area contributed by atoms with Crippen LogP contribution in [0.1, 0.15) is 47.9 Å². The van der Waals surface area contributed by atoms with Crippen molar-refractivity contribution in [3.8, 4) is 0 Å². The average Bonchev–Trinajstić information content (AvgIpc) is 2.76. The molecule has 1 N–H and O–H groups in total. The summed E-state index contributed by atoms with van der Waals surface area (Å²) in [4.78, 5) is 24.2. The summed E-state index contributed by atoms with van der Waals surface area (Å²) < 4.78 is 28.1. The lowest BCUT2D eigenvalue weighted by atomic mass is 10.1. The van der Waals surface area contributed by atoms with Crippen molar-refractivity contribution in [1.82, 2.24) is 5.32 Å². The van der Waals surface area contributed by atoms with Gasteiger partial charge in [0.2, 0.25) is 0 Å². The Morgan fingerprint density at radius 3 is 2.43 bits per heavy atom. The highest BCUT2D eigenvalue weighted by Crippen LogP contribution is 2.15. The first kappa shape index (κ1) is 17.5. The SMILES string of the molecule is CC(C)(C)OC(=O)c1cccc(C(=O)N[C@@H]2CCS(=O)(=O)C2)c1. The second-order valence-corrected chi connectivity index (χ2v) is 8.88. The second kappa shape index (κ2) is 6.31. The number of hydrogen-bond donors (Lipinski definition) is 1. The molecule has 0 bridgehead atoms. The minimum Gasteiger partial charge on any atom is -0.456 e. The Morgan fingerprint density at radius 2 is 1.87 bits per heavy atom. The van der Waals surface area contributed by atoms with Crippen molar-refractivity contribution >= 4 is 21.7 Å². The zero-order valence-corrected chi connectivity index (χ0v) is 14.3. The van der Waals surface area contributed by atoms with Crippen molar-refractivity contribution < 1.29 is 22.7 Å². The molecule has 0 spiro atoms. The first-order valence-corrected chi connectivity index (χ1v) is 9.23. The topological polar surface area (TPSA) is 89.5 Å². The minimum absolute atomic E-state index is 0.0372. The summed E-state index contributed by atoms with van der Waals surface area (Å²) in [5.41, 5.74) is -0.0302. The third-order valence-electron chi connectivity index (χ3n) is 3.33. The van der Waals surface area contributed by atoms with Crippen LogP contribution >= 0.6 is 0 Å². The molecule has 0 unspecified atom stereocenters. The normalized spacial score (nSPS) is 20.0. The molecular weight excluding hydrogens is 318 g/mol. The fourth-order valence-electron chi connectivity index (χ4n) is 2.30. The number of rotatable bonds is 3. The van der Waals surface area contributed by atoms with Gasteiger partial charge in [-0.15, -0.1) is 0 Å². The maximum atomic E-state index is 12.2. The Bertz CT molecular complexity index is 718. The van der Waals surface area contributed by atoms with Gasteiger partial charge in [0.1, 0.15) is 5.60 Å². The van der Waals surface area contributed by atoms with Gasteiger partial charge in [0.05, 0.1) is 17.1 Å². The number of benzene rings is 1. The molecular formula is C16H21NO5S. The van der Waals surface area contributed by atoms with Crippen LogP contribution in [0.4, 0.5) is 0 Å². The maximum Gasteiger partial charge on any atom is 0.338 e. The van der Waals surface area contributed by atoms with E-state index in [-0.39, 0.29) is 23.1 Å². The molecule has 6 nitrogen and oxygen atoms in total. The molecule has 1 aliphatic rings. The van der Waals surface area contributed by atoms with Gasteiger partial charge in [-0.25, -0.2) is 13.2 Å². The van der Waals surface area contributed by atoms with Crippen LogP contribution in [-0.4, -0.2) is 43.4 Å². The fraction of sp³-hybridized carbons (Fsp3) is 0.500. The van der Waals surface area contributed by atoms with Gasteiger partial charge in [0, 0.05) is 11.6 Å². The lowest BCUT2D eigenvalue weighted by molar-refractivity contribution is 0.00695. The summed E-state index contributed by atoms with van der Waals surface area (Å²) in [6.07, 6.45) is 0.416. The molecule has 23 heavy (non-hydrogen) atoms. The highest BCUT2D eigenvalue weighted by atomic mass is 32.2. The first-order chi connectivity index (χ1) is 10.6. The molecule has 1 saturated heterocycles. The molecule has 0 saturated carbocycles. The van der Waals surface area contributed by atoms with Gasteiger partial charge in [0.25, 0.3) is 5.91 Å². The van der Waals surface area contributed by atoms with Crippen LogP contribution in [0, 0.1) is 0 Å². The Kier molecular flexibility index (Phi) is 4.79. The summed E-state index contributed by atoms with van der Waals surface area (Å²) >= 11 is 0. The van der Waals surface area contributed by atoms with Gasteiger partial charge >= 0.3 is 5.97 Å². The number of nitrogens with one attached hydrogen (secondary N) is 1. The quantitative estimate of drug-likeness (QED) is 0.844. The van der Waals surface area contributed by atoms with E-state index in [9.17, 15) is 18.0 Å². The van der Waals surface area contributed by atoms with Crippen molar-refractivity contribution in [2.45, 2.75) is 38.8 Å². The van der Waals surface area contributed by atoms with E-state index in [4.69, 9.17) is 4.74 Å². The summed E-state index contributed by atoms with van der Waals surface area (Å²) in [6, 6.07) is 5.82. The van der Waals surface area contributed by atoms with E-state index in [1.165, 1.54) is 6.07 Å². The van der Waals surface area contributed by atoms with Crippen LogP contribution in [0.3, 0.4) is 0 Å². The van der Waals surface area contributed by atoms with Gasteiger partial charge < -0.3 is 10.1 Å². The molecule has 0 aliphatic carbocycles. The van der Waals surface area contributed by atoms with E-state index in [1.54, 1.807) is 39.0 Å². The Morgan fingerprint density at radius 1 is 1.22 bits per heavy atom. The van der Waals surface area contributed by atoms with Crippen LogP contribution in [0.15, 0.2) is 24.3 Å². The number of amides is 1. The average molecular weight is 339 g/mol. The molecule has 0 radical (unpaired) electrons. The monoisotopic (exact) mass is 339 g/mol. The minimum atomic E-state index is -3.05. The molecule has 126 valence electrons. The molecule has 1 heterocycles. The van der Waals surface area contributed by atoms with Gasteiger partial charge in [0.15, 0.2) is 9.84 Å². The molecule has 1 aliphatic heterocycles. The Hall–Kier alpha value is -1.89. The smallest absolute Gasteiger partial charge is 0.338 e. The van der Waals surface area contributed by atoms with Gasteiger partial charge in [-0.2, -0.15) is 0 Å². The summed E-state index contributed by atoms with van der Waals surface area (Å²) in [7, 11) is -3.05. The largest absolute Gasteiger partial charge is 0.456 e. The molecule has 0 aromatic heterocycles. The van der Waals surface area contributed by atoms with Crippen molar-refractivity contribution in [3.63, 3.8) is 0 Å². The zero-order valence-electron chi connectivity index (χ0n) is 13.5. The van der Waals surface area contributed by atoms with Crippen LogP contribution in [0.5, 0.6) is 0 Å². The second-order valence-electron chi connectivity index (χ2n) is 6.66. The van der Waals surface area contributed by atoms with Crippen molar-refractivity contribution in [2.75, 3.05) is 11.5 Å². The van der Waals surface area contributed by atoms with Crippen molar-refractivity contribution in [2.24, 2.45) is 0 Å². The van der Waals surface area contributed by atoms with E-state index < -0.39 is 27.3 Å². The molecule has 1 aromatic carbocycles. The van der Waals surface area contributed by atoms with Crippen LogP contribution < -0.4 is 5.32 Å². The lowest BCUT2D eigenvalue weighted by Gasteiger charge is -2.19. The number of carbonyl (C=O) groups excluding carboxylic acids is 2. The van der Waals surface area contributed by atoms with Gasteiger partial charge in [-0.05, 0) is 45.4 Å². The van der Waals surface area contributed by atoms with E-state index >= 15 is 0 Å². The number of sulfone groups is 1. The van der Waals surface area contributed by atoms with Crippen LogP contribution in [-0.2, 0) is 14.6 Å². The lowest BCUT2D eigenvalue weighted by Crippen LogP contribution is -2.35. The zero-order chi connectivity index (χ0) is 17.3. The van der Waals surface area contributed by atoms with Gasteiger partial charge in [-0.1, -0.05) is 6.07 Å². The predicted molar refractivity (Wildman–Crippen MR) is 86.1 cm³/mol.